The molecule has 0 amide bonds. The first-order valence-electron chi connectivity index (χ1n) is 4.07. The van der Waals surface area contributed by atoms with E-state index in [1.807, 2.05) is 0 Å². The van der Waals surface area contributed by atoms with E-state index in [1.54, 1.807) is 0 Å². The van der Waals surface area contributed by atoms with Gasteiger partial charge in [-0.15, -0.1) is 0 Å². The van der Waals surface area contributed by atoms with Gasteiger partial charge in [-0.1, -0.05) is 0 Å². The van der Waals surface area contributed by atoms with Crippen molar-refractivity contribution in [1.29, 1.82) is 0 Å². The summed E-state index contributed by atoms with van der Waals surface area (Å²) < 4.78 is 11.2. The lowest BCUT2D eigenvalue weighted by atomic mass is 9.92. The zero-order chi connectivity index (χ0) is 7.03. The Kier molecular flexibility index (Phi) is 1.46. The van der Waals surface area contributed by atoms with Crippen molar-refractivity contribution < 1.29 is 9.47 Å². The quantitative estimate of drug-likeness (QED) is 0.508. The minimum atomic E-state index is 0.0677. The summed E-state index contributed by atoms with van der Waals surface area (Å²) in [4.78, 5) is 0. The molecule has 10 heavy (non-hydrogen) atoms. The van der Waals surface area contributed by atoms with Gasteiger partial charge in [0.25, 0.3) is 0 Å². The van der Waals surface area contributed by atoms with E-state index in [0.717, 1.165) is 19.6 Å². The molecule has 2 heteroatoms. The van der Waals surface area contributed by atoms with E-state index < -0.39 is 0 Å². The van der Waals surface area contributed by atoms with Gasteiger partial charge in [-0.2, -0.15) is 0 Å². The molecule has 0 radical (unpaired) electrons. The number of ether oxygens (including phenoxy) is 2. The normalized spacial score (nSPS) is 47.1. The molecule has 0 spiro atoms. The van der Waals surface area contributed by atoms with Crippen molar-refractivity contribution in [2.75, 3.05) is 13.2 Å². The smallest absolute Gasteiger partial charge is 0.0936 e. The maximum Gasteiger partial charge on any atom is 0.0936 e. The monoisotopic (exact) mass is 142 g/mol. The van der Waals surface area contributed by atoms with Gasteiger partial charge < -0.3 is 9.47 Å². The van der Waals surface area contributed by atoms with Crippen LogP contribution in [-0.4, -0.2) is 24.9 Å². The Labute approximate surface area is 61.5 Å². The van der Waals surface area contributed by atoms with Crippen LogP contribution in [0.2, 0.25) is 0 Å². The Hall–Kier alpha value is -0.0800. The maximum absolute atomic E-state index is 5.66. The first-order chi connectivity index (χ1) is 4.81. The fourth-order valence-corrected chi connectivity index (χ4v) is 1.87. The molecule has 0 bridgehead atoms. The SMILES string of the molecule is C[C@]12CCO[C@H]1CCCO2. The van der Waals surface area contributed by atoms with Crippen LogP contribution < -0.4 is 0 Å². The minimum Gasteiger partial charge on any atom is -0.375 e. The van der Waals surface area contributed by atoms with Crippen LogP contribution in [-0.2, 0) is 9.47 Å². The van der Waals surface area contributed by atoms with Gasteiger partial charge in [0.2, 0.25) is 0 Å². The zero-order valence-electron chi connectivity index (χ0n) is 6.43. The topological polar surface area (TPSA) is 18.5 Å². The van der Waals surface area contributed by atoms with Crippen LogP contribution in [0.5, 0.6) is 0 Å². The van der Waals surface area contributed by atoms with Crippen LogP contribution in [0.25, 0.3) is 0 Å². The van der Waals surface area contributed by atoms with Crippen molar-refractivity contribution in [2.45, 2.75) is 37.9 Å². The van der Waals surface area contributed by atoms with Gasteiger partial charge in [0.1, 0.15) is 0 Å². The van der Waals surface area contributed by atoms with Crippen molar-refractivity contribution in [1.82, 2.24) is 0 Å². The molecule has 2 atom stereocenters. The van der Waals surface area contributed by atoms with Crippen LogP contribution in [0.3, 0.4) is 0 Å². The largest absolute Gasteiger partial charge is 0.375 e. The highest BCUT2D eigenvalue weighted by Gasteiger charge is 2.42. The molecule has 2 saturated heterocycles. The van der Waals surface area contributed by atoms with Gasteiger partial charge >= 0.3 is 0 Å². The molecule has 2 fully saturated rings. The Morgan fingerprint density at radius 3 is 3.10 bits per heavy atom. The van der Waals surface area contributed by atoms with Crippen molar-refractivity contribution in [2.24, 2.45) is 0 Å². The van der Waals surface area contributed by atoms with E-state index in [1.165, 1.54) is 12.8 Å². The fourth-order valence-electron chi connectivity index (χ4n) is 1.87. The second-order valence-electron chi connectivity index (χ2n) is 3.41. The second kappa shape index (κ2) is 2.21. The average Bonchev–Trinajstić information content (AvgIpc) is 2.29. The predicted molar refractivity (Wildman–Crippen MR) is 37.9 cm³/mol. The third kappa shape index (κ3) is 0.867. The summed E-state index contributed by atoms with van der Waals surface area (Å²) in [6.45, 7) is 3.99. The first-order valence-corrected chi connectivity index (χ1v) is 4.07. The highest BCUT2D eigenvalue weighted by atomic mass is 16.6. The molecule has 0 aromatic carbocycles. The van der Waals surface area contributed by atoms with E-state index in [0.29, 0.717) is 6.10 Å². The van der Waals surface area contributed by atoms with Gasteiger partial charge in [0, 0.05) is 19.6 Å². The van der Waals surface area contributed by atoms with E-state index in [4.69, 9.17) is 9.47 Å². The number of fused-ring (bicyclic) bond motifs is 1. The summed E-state index contributed by atoms with van der Waals surface area (Å²) in [5.74, 6) is 0. The van der Waals surface area contributed by atoms with Gasteiger partial charge in [-0.25, -0.2) is 0 Å². The van der Waals surface area contributed by atoms with Crippen LogP contribution in [0, 0.1) is 0 Å². The molecule has 0 unspecified atom stereocenters. The molecular weight excluding hydrogens is 128 g/mol. The Morgan fingerprint density at radius 1 is 1.40 bits per heavy atom. The zero-order valence-corrected chi connectivity index (χ0v) is 6.43. The number of hydrogen-bond acceptors (Lipinski definition) is 2. The highest BCUT2D eigenvalue weighted by molar-refractivity contribution is 4.92. The standard InChI is InChI=1S/C8H14O2/c1-8-4-6-9-7(8)3-2-5-10-8/h7H,2-6H2,1H3/t7-,8-/m0/s1. The Balaban J connectivity index is 2.10. The molecule has 2 rings (SSSR count). The Morgan fingerprint density at radius 2 is 2.30 bits per heavy atom. The summed E-state index contributed by atoms with van der Waals surface area (Å²) >= 11 is 0. The summed E-state index contributed by atoms with van der Waals surface area (Å²) in [6.07, 6.45) is 3.83. The van der Waals surface area contributed by atoms with Gasteiger partial charge in [-0.05, 0) is 19.8 Å². The molecule has 2 heterocycles. The van der Waals surface area contributed by atoms with E-state index in [-0.39, 0.29) is 5.60 Å². The van der Waals surface area contributed by atoms with E-state index in [2.05, 4.69) is 6.92 Å². The van der Waals surface area contributed by atoms with Crippen LogP contribution in [0.1, 0.15) is 26.2 Å². The van der Waals surface area contributed by atoms with Crippen molar-refractivity contribution in [3.05, 3.63) is 0 Å². The summed E-state index contributed by atoms with van der Waals surface area (Å²) in [6, 6.07) is 0. The number of rotatable bonds is 0. The molecule has 2 aliphatic rings. The van der Waals surface area contributed by atoms with Gasteiger partial charge in [-0.3, -0.25) is 0 Å². The second-order valence-corrected chi connectivity index (χ2v) is 3.41. The maximum atomic E-state index is 5.66. The third-order valence-corrected chi connectivity index (χ3v) is 2.64. The summed E-state index contributed by atoms with van der Waals surface area (Å²) in [5, 5.41) is 0. The molecule has 58 valence electrons. The third-order valence-electron chi connectivity index (χ3n) is 2.64. The molecule has 0 N–H and O–H groups in total. The highest BCUT2D eigenvalue weighted by Crippen LogP contribution is 2.35. The average molecular weight is 142 g/mol. The lowest BCUT2D eigenvalue weighted by Gasteiger charge is -2.34. The van der Waals surface area contributed by atoms with Gasteiger partial charge in [0.05, 0.1) is 11.7 Å². The predicted octanol–water partition coefficient (Wildman–Crippen LogP) is 1.34. The van der Waals surface area contributed by atoms with E-state index in [9.17, 15) is 0 Å². The molecule has 0 aromatic heterocycles. The lowest BCUT2D eigenvalue weighted by molar-refractivity contribution is -0.112. The summed E-state index contributed by atoms with van der Waals surface area (Å²) in [5.41, 5.74) is 0.0677. The summed E-state index contributed by atoms with van der Waals surface area (Å²) in [7, 11) is 0. The Bertz CT molecular complexity index is 135. The first kappa shape index (κ1) is 6.62. The fraction of sp³-hybridized carbons (Fsp3) is 1.00. The van der Waals surface area contributed by atoms with Crippen LogP contribution in [0.15, 0.2) is 0 Å². The van der Waals surface area contributed by atoms with E-state index >= 15 is 0 Å². The van der Waals surface area contributed by atoms with Crippen LogP contribution >= 0.6 is 0 Å². The number of hydrogen-bond donors (Lipinski definition) is 0. The minimum absolute atomic E-state index is 0.0677. The molecule has 0 aromatic rings. The van der Waals surface area contributed by atoms with Crippen molar-refractivity contribution in [3.8, 4) is 0 Å². The molecule has 2 nitrogen and oxygen atoms in total. The van der Waals surface area contributed by atoms with Crippen molar-refractivity contribution in [3.63, 3.8) is 0 Å². The molecule has 2 aliphatic heterocycles. The molecule has 0 aliphatic carbocycles. The molecular formula is C8H14O2. The van der Waals surface area contributed by atoms with Crippen LogP contribution in [0.4, 0.5) is 0 Å². The van der Waals surface area contributed by atoms with Crippen molar-refractivity contribution >= 4 is 0 Å². The lowest BCUT2D eigenvalue weighted by Crippen LogP contribution is -2.41. The van der Waals surface area contributed by atoms with Gasteiger partial charge in [0.15, 0.2) is 0 Å². The molecule has 0 saturated carbocycles.